The quantitative estimate of drug-likeness (QED) is 0.170. The molecule has 8 nitrogen and oxygen atoms in total. The zero-order valence-electron chi connectivity index (χ0n) is 15.1. The van der Waals surface area contributed by atoms with Crippen LogP contribution >= 0.6 is 58.6 Å². The lowest BCUT2D eigenvalue weighted by Crippen LogP contribution is -2.56. The van der Waals surface area contributed by atoms with Gasteiger partial charge in [-0.05, 0) is 48.6 Å². The second-order valence-corrected chi connectivity index (χ2v) is 8.91. The van der Waals surface area contributed by atoms with Gasteiger partial charge in [0, 0.05) is 10.6 Å². The van der Waals surface area contributed by atoms with Crippen molar-refractivity contribution in [2.24, 2.45) is 0 Å². The summed E-state index contributed by atoms with van der Waals surface area (Å²) in [6.07, 6.45) is -1.26. The highest BCUT2D eigenvalue weighted by Crippen LogP contribution is 2.31. The Morgan fingerprint density at radius 3 is 2.33 bits per heavy atom. The molecule has 2 aromatic carbocycles. The van der Waals surface area contributed by atoms with E-state index in [2.05, 4.69) is 16.0 Å². The monoisotopic (exact) mass is 510 g/mol. The van der Waals surface area contributed by atoms with Crippen molar-refractivity contribution in [3.8, 4) is 5.75 Å². The Bertz CT molecular complexity index is 954. The summed E-state index contributed by atoms with van der Waals surface area (Å²) in [6, 6.07) is 10.2. The van der Waals surface area contributed by atoms with Crippen LogP contribution in [0.25, 0.3) is 0 Å². The fraction of sp³-hybridized carbons (Fsp3) is 0.176. The molecular formula is C17H14Cl4N4O4S. The van der Waals surface area contributed by atoms with E-state index >= 15 is 0 Å². The molecule has 0 fully saturated rings. The number of halogens is 4. The highest BCUT2D eigenvalue weighted by Gasteiger charge is 2.35. The first-order valence-corrected chi connectivity index (χ1v) is 9.96. The van der Waals surface area contributed by atoms with Gasteiger partial charge in [-0.15, -0.1) is 0 Å². The summed E-state index contributed by atoms with van der Waals surface area (Å²) in [7, 11) is 1.38. The topological polar surface area (TPSA) is 106 Å². The molecule has 0 saturated carbocycles. The van der Waals surface area contributed by atoms with Gasteiger partial charge in [-0.3, -0.25) is 14.9 Å². The number of nitro groups is 1. The van der Waals surface area contributed by atoms with Crippen LogP contribution in [-0.2, 0) is 0 Å². The van der Waals surface area contributed by atoms with Gasteiger partial charge in [0.25, 0.3) is 11.6 Å². The van der Waals surface area contributed by atoms with Crippen molar-refractivity contribution in [3.05, 3.63) is 63.2 Å². The molecule has 0 aliphatic carbocycles. The molecule has 0 radical (unpaired) electrons. The van der Waals surface area contributed by atoms with Gasteiger partial charge in [0.1, 0.15) is 17.6 Å². The molecule has 0 bridgehead atoms. The number of methoxy groups -OCH3 is 1. The number of amides is 1. The zero-order chi connectivity index (χ0) is 22.5. The van der Waals surface area contributed by atoms with Crippen LogP contribution in [0.5, 0.6) is 5.75 Å². The predicted molar refractivity (Wildman–Crippen MR) is 122 cm³/mol. The van der Waals surface area contributed by atoms with E-state index in [4.69, 9.17) is 63.4 Å². The van der Waals surface area contributed by atoms with E-state index in [-0.39, 0.29) is 22.1 Å². The maximum absolute atomic E-state index is 12.4. The number of nitrogens with zero attached hydrogens (tertiary/aromatic N) is 1. The summed E-state index contributed by atoms with van der Waals surface area (Å²) in [5.74, 6) is -0.269. The van der Waals surface area contributed by atoms with Gasteiger partial charge in [0.2, 0.25) is 3.79 Å². The molecule has 160 valence electrons. The summed E-state index contributed by atoms with van der Waals surface area (Å²) in [5.41, 5.74) is 0.0599. The smallest absolute Gasteiger partial charge is 0.296 e. The van der Waals surface area contributed by atoms with Gasteiger partial charge in [-0.25, -0.2) is 0 Å². The fourth-order valence-electron chi connectivity index (χ4n) is 2.20. The van der Waals surface area contributed by atoms with E-state index in [1.165, 1.54) is 49.6 Å². The number of anilines is 1. The summed E-state index contributed by atoms with van der Waals surface area (Å²) in [6.45, 7) is 0. The van der Waals surface area contributed by atoms with Gasteiger partial charge in [0.15, 0.2) is 5.11 Å². The Balaban J connectivity index is 2.15. The Kier molecular flexibility index (Phi) is 8.34. The molecule has 0 saturated heterocycles. The van der Waals surface area contributed by atoms with E-state index < -0.39 is 20.8 Å². The van der Waals surface area contributed by atoms with Crippen LogP contribution in [-0.4, -0.2) is 33.0 Å². The van der Waals surface area contributed by atoms with Crippen LogP contribution in [0.1, 0.15) is 10.4 Å². The highest BCUT2D eigenvalue weighted by molar-refractivity contribution is 7.80. The van der Waals surface area contributed by atoms with Crippen LogP contribution in [0.2, 0.25) is 5.02 Å². The molecule has 1 atom stereocenters. The van der Waals surface area contributed by atoms with E-state index in [1.54, 1.807) is 0 Å². The van der Waals surface area contributed by atoms with Gasteiger partial charge < -0.3 is 20.7 Å². The largest absolute Gasteiger partial charge is 0.496 e. The Morgan fingerprint density at radius 1 is 1.17 bits per heavy atom. The third kappa shape index (κ3) is 6.75. The standard InChI is InChI=1S/C17H14Cl4N4O4S/c1-29-11-6-7-12(13(8-11)25(27)28)22-16(30)24-15(17(19,20)21)23-14(26)9-2-4-10(18)5-3-9/h2-8,15H,1H3,(H,23,26)(H2,22,24,30). The normalized spacial score (nSPS) is 11.9. The fourth-order valence-corrected chi connectivity index (χ4v) is 2.88. The lowest BCUT2D eigenvalue weighted by atomic mass is 10.2. The Labute approximate surface area is 196 Å². The van der Waals surface area contributed by atoms with Crippen LogP contribution in [0.3, 0.4) is 0 Å². The first-order chi connectivity index (χ1) is 14.0. The van der Waals surface area contributed by atoms with Crippen molar-refractivity contribution in [3.63, 3.8) is 0 Å². The van der Waals surface area contributed by atoms with Crippen molar-refractivity contribution in [1.82, 2.24) is 10.6 Å². The SMILES string of the molecule is COc1ccc(NC(=S)NC(NC(=O)c2ccc(Cl)cc2)C(Cl)(Cl)Cl)c([N+](=O)[O-])c1. The number of hydrogen-bond donors (Lipinski definition) is 3. The molecular weight excluding hydrogens is 498 g/mol. The molecule has 2 rings (SSSR count). The molecule has 0 aliphatic rings. The zero-order valence-corrected chi connectivity index (χ0v) is 19.0. The molecule has 0 heterocycles. The van der Waals surface area contributed by atoms with Crippen LogP contribution in [0.15, 0.2) is 42.5 Å². The third-order valence-corrected chi connectivity index (χ3v) is 4.76. The van der Waals surface area contributed by atoms with Crippen molar-refractivity contribution in [2.75, 3.05) is 12.4 Å². The van der Waals surface area contributed by atoms with Crippen LogP contribution in [0, 0.1) is 10.1 Å². The van der Waals surface area contributed by atoms with Gasteiger partial charge in [0.05, 0.1) is 18.1 Å². The molecule has 0 spiro atoms. The minimum absolute atomic E-state index is 0.0744. The molecule has 2 aromatic rings. The van der Waals surface area contributed by atoms with Gasteiger partial charge in [-0.2, -0.15) is 0 Å². The average Bonchev–Trinajstić information content (AvgIpc) is 2.67. The number of rotatable bonds is 6. The first-order valence-electron chi connectivity index (χ1n) is 8.04. The number of nitrogens with one attached hydrogen (secondary N) is 3. The van der Waals surface area contributed by atoms with Crippen LogP contribution < -0.4 is 20.7 Å². The maximum Gasteiger partial charge on any atom is 0.296 e. The summed E-state index contributed by atoms with van der Waals surface area (Å²) >= 11 is 28.8. The molecule has 1 amide bonds. The Morgan fingerprint density at radius 2 is 1.80 bits per heavy atom. The lowest BCUT2D eigenvalue weighted by molar-refractivity contribution is -0.384. The number of alkyl halides is 3. The highest BCUT2D eigenvalue weighted by atomic mass is 35.6. The molecule has 1 unspecified atom stereocenters. The third-order valence-electron chi connectivity index (χ3n) is 3.63. The van der Waals surface area contributed by atoms with E-state index in [9.17, 15) is 14.9 Å². The predicted octanol–water partition coefficient (Wildman–Crippen LogP) is 4.67. The maximum atomic E-state index is 12.4. The number of carbonyl (C=O) groups is 1. The van der Waals surface area contributed by atoms with Crippen molar-refractivity contribution in [1.29, 1.82) is 0 Å². The molecule has 3 N–H and O–H groups in total. The number of carbonyl (C=O) groups excluding carboxylic acids is 1. The van der Waals surface area contributed by atoms with Crippen molar-refractivity contribution < 1.29 is 14.5 Å². The number of thiocarbonyl (C=S) groups is 1. The number of benzene rings is 2. The number of hydrogen-bond acceptors (Lipinski definition) is 5. The van der Waals surface area contributed by atoms with Crippen LogP contribution in [0.4, 0.5) is 11.4 Å². The number of ether oxygens (including phenoxy) is 1. The first kappa shape index (κ1) is 24.2. The van der Waals surface area contributed by atoms with Gasteiger partial charge in [-0.1, -0.05) is 46.4 Å². The Hall–Kier alpha value is -2.04. The van der Waals surface area contributed by atoms with Crippen molar-refractivity contribution in [2.45, 2.75) is 9.96 Å². The molecule has 13 heteroatoms. The van der Waals surface area contributed by atoms with Crippen molar-refractivity contribution >= 4 is 81.0 Å². The second-order valence-electron chi connectivity index (χ2n) is 5.69. The molecule has 0 aliphatic heterocycles. The number of nitro benzene ring substituents is 1. The van der Waals surface area contributed by atoms with Gasteiger partial charge >= 0.3 is 0 Å². The lowest BCUT2D eigenvalue weighted by Gasteiger charge is -2.27. The molecule has 30 heavy (non-hydrogen) atoms. The van der Waals surface area contributed by atoms with E-state index in [1.807, 2.05) is 0 Å². The average molecular weight is 512 g/mol. The summed E-state index contributed by atoms with van der Waals surface area (Å²) < 4.78 is 2.98. The summed E-state index contributed by atoms with van der Waals surface area (Å²) in [4.78, 5) is 23.1. The molecule has 0 aromatic heterocycles. The minimum atomic E-state index is -2.00. The second kappa shape index (κ2) is 10.3. The van der Waals surface area contributed by atoms with E-state index in [0.29, 0.717) is 10.8 Å². The minimum Gasteiger partial charge on any atom is -0.496 e. The summed E-state index contributed by atoms with van der Waals surface area (Å²) in [5, 5.41) is 19.4. The van der Waals surface area contributed by atoms with E-state index in [0.717, 1.165) is 0 Å².